The van der Waals surface area contributed by atoms with Gasteiger partial charge in [-0.1, -0.05) is 12.1 Å². The number of halogens is 1. The van der Waals surface area contributed by atoms with Crippen LogP contribution in [0.5, 0.6) is 0 Å². The van der Waals surface area contributed by atoms with Crippen molar-refractivity contribution in [3.63, 3.8) is 0 Å². The van der Waals surface area contributed by atoms with Crippen molar-refractivity contribution >= 4 is 27.4 Å². The molecule has 0 aliphatic carbocycles. The topological polar surface area (TPSA) is 106 Å². The monoisotopic (exact) mass is 350 g/mol. The number of amides is 1. The minimum absolute atomic E-state index is 0.0314. The van der Waals surface area contributed by atoms with Crippen LogP contribution in [-0.4, -0.2) is 20.1 Å². The number of primary amides is 1. The van der Waals surface area contributed by atoms with Crippen LogP contribution < -0.4 is 10.5 Å². The quantitative estimate of drug-likeness (QED) is 0.806. The number of hydrogen-bond acceptors (Lipinski definition) is 4. The second kappa shape index (κ2) is 6.40. The first kappa shape index (κ1) is 17.6. The highest BCUT2D eigenvalue weighted by Gasteiger charge is 2.18. The van der Waals surface area contributed by atoms with E-state index in [0.717, 1.165) is 6.07 Å². The molecule has 2 aromatic carbocycles. The zero-order valence-corrected chi connectivity index (χ0v) is 13.8. The Labute approximate surface area is 138 Å². The summed E-state index contributed by atoms with van der Waals surface area (Å²) in [7, 11) is -4.02. The summed E-state index contributed by atoms with van der Waals surface area (Å²) in [6.07, 6.45) is 0. The number of sulfonamides is 1. The summed E-state index contributed by atoms with van der Waals surface area (Å²) in [4.78, 5) is 22.3. The number of Topliss-reactive ketones (excluding diaryl/α,β-unsaturated/α-hetero) is 1. The predicted octanol–water partition coefficient (Wildman–Crippen LogP) is 2.24. The SMILES string of the molecule is CC(=O)c1ccc(S(=O)(=O)Nc2cc(C(N)=O)cc(F)c2C)cc1. The molecule has 8 heteroatoms. The Bertz CT molecular complexity index is 922. The molecule has 1 amide bonds. The van der Waals surface area contributed by atoms with E-state index in [0.29, 0.717) is 5.56 Å². The van der Waals surface area contributed by atoms with Crippen LogP contribution in [0.1, 0.15) is 33.2 Å². The highest BCUT2D eigenvalue weighted by Crippen LogP contribution is 2.24. The third-order valence-corrected chi connectivity index (χ3v) is 4.83. The molecule has 24 heavy (non-hydrogen) atoms. The van der Waals surface area contributed by atoms with Crippen LogP contribution in [0.25, 0.3) is 0 Å². The zero-order valence-electron chi connectivity index (χ0n) is 13.0. The normalized spacial score (nSPS) is 11.1. The first-order valence-corrected chi connectivity index (χ1v) is 8.34. The van der Waals surface area contributed by atoms with Crippen LogP contribution in [-0.2, 0) is 10.0 Å². The van der Waals surface area contributed by atoms with Gasteiger partial charge in [0.25, 0.3) is 10.0 Å². The smallest absolute Gasteiger partial charge is 0.261 e. The molecule has 2 aromatic rings. The van der Waals surface area contributed by atoms with Crippen LogP contribution in [0.2, 0.25) is 0 Å². The number of nitrogens with one attached hydrogen (secondary N) is 1. The molecular formula is C16H15FN2O4S. The van der Waals surface area contributed by atoms with E-state index < -0.39 is 21.7 Å². The molecule has 0 aromatic heterocycles. The number of benzene rings is 2. The van der Waals surface area contributed by atoms with Gasteiger partial charge in [-0.25, -0.2) is 12.8 Å². The fourth-order valence-electron chi connectivity index (χ4n) is 2.00. The first-order chi connectivity index (χ1) is 11.1. The summed E-state index contributed by atoms with van der Waals surface area (Å²) in [5, 5.41) is 0. The minimum Gasteiger partial charge on any atom is -0.366 e. The van der Waals surface area contributed by atoms with E-state index in [9.17, 15) is 22.4 Å². The standard InChI is InChI=1S/C16H15FN2O4S/c1-9-14(17)7-12(16(18)21)8-15(9)19-24(22,23)13-5-3-11(4-6-13)10(2)20/h3-8,19H,1-2H3,(H2,18,21). The lowest BCUT2D eigenvalue weighted by Gasteiger charge is -2.12. The molecule has 3 N–H and O–H groups in total. The Morgan fingerprint density at radius 3 is 2.17 bits per heavy atom. The van der Waals surface area contributed by atoms with Crippen molar-refractivity contribution in [3.8, 4) is 0 Å². The molecule has 0 spiro atoms. The predicted molar refractivity (Wildman–Crippen MR) is 86.9 cm³/mol. The van der Waals surface area contributed by atoms with E-state index in [2.05, 4.69) is 4.72 Å². The molecule has 0 atom stereocenters. The van der Waals surface area contributed by atoms with E-state index in [1.165, 1.54) is 44.2 Å². The summed E-state index contributed by atoms with van der Waals surface area (Å²) < 4.78 is 40.9. The molecular weight excluding hydrogens is 335 g/mol. The number of hydrogen-bond donors (Lipinski definition) is 2. The summed E-state index contributed by atoms with van der Waals surface area (Å²) in [5.41, 5.74) is 5.27. The van der Waals surface area contributed by atoms with Crippen LogP contribution in [0.4, 0.5) is 10.1 Å². The summed E-state index contributed by atoms with van der Waals surface area (Å²) >= 11 is 0. The Morgan fingerprint density at radius 1 is 1.08 bits per heavy atom. The van der Waals surface area contributed by atoms with E-state index >= 15 is 0 Å². The number of rotatable bonds is 5. The second-order valence-corrected chi connectivity index (χ2v) is 6.86. The molecule has 0 unspecified atom stereocenters. The van der Waals surface area contributed by atoms with Crippen LogP contribution in [0.15, 0.2) is 41.3 Å². The zero-order chi connectivity index (χ0) is 18.1. The molecule has 0 saturated carbocycles. The minimum atomic E-state index is -4.02. The molecule has 0 heterocycles. The van der Waals surface area contributed by atoms with Gasteiger partial charge in [0.2, 0.25) is 5.91 Å². The van der Waals surface area contributed by atoms with E-state index in [1.807, 2.05) is 0 Å². The maximum Gasteiger partial charge on any atom is 0.261 e. The lowest BCUT2D eigenvalue weighted by atomic mass is 10.1. The Balaban J connectivity index is 2.42. The van der Waals surface area contributed by atoms with E-state index in [-0.39, 0.29) is 27.5 Å². The Morgan fingerprint density at radius 2 is 1.67 bits per heavy atom. The maximum absolute atomic E-state index is 13.8. The number of nitrogens with two attached hydrogens (primary N) is 1. The molecule has 0 aliphatic rings. The lowest BCUT2D eigenvalue weighted by molar-refractivity contribution is 0.0996. The number of ketones is 1. The van der Waals surface area contributed by atoms with Gasteiger partial charge in [-0.3, -0.25) is 14.3 Å². The Hall–Kier alpha value is -2.74. The van der Waals surface area contributed by atoms with Gasteiger partial charge in [-0.15, -0.1) is 0 Å². The third kappa shape index (κ3) is 3.60. The van der Waals surface area contributed by atoms with Crippen LogP contribution >= 0.6 is 0 Å². The van der Waals surface area contributed by atoms with Crippen molar-refractivity contribution in [1.82, 2.24) is 0 Å². The van der Waals surface area contributed by atoms with Crippen molar-refractivity contribution in [2.24, 2.45) is 5.73 Å². The number of carbonyl (C=O) groups excluding carboxylic acids is 2. The van der Waals surface area contributed by atoms with Crippen molar-refractivity contribution in [2.75, 3.05) is 4.72 Å². The lowest BCUT2D eigenvalue weighted by Crippen LogP contribution is -2.17. The number of carbonyl (C=O) groups is 2. The molecule has 0 saturated heterocycles. The van der Waals surface area contributed by atoms with Gasteiger partial charge in [0.15, 0.2) is 5.78 Å². The van der Waals surface area contributed by atoms with Crippen molar-refractivity contribution in [2.45, 2.75) is 18.7 Å². The van der Waals surface area contributed by atoms with Crippen LogP contribution in [0, 0.1) is 12.7 Å². The average Bonchev–Trinajstić information content (AvgIpc) is 2.51. The fourth-order valence-corrected chi connectivity index (χ4v) is 3.11. The largest absolute Gasteiger partial charge is 0.366 e. The summed E-state index contributed by atoms with van der Waals surface area (Å²) in [5.74, 6) is -1.82. The van der Waals surface area contributed by atoms with E-state index in [1.54, 1.807) is 0 Å². The van der Waals surface area contributed by atoms with Gasteiger partial charge in [0, 0.05) is 16.7 Å². The van der Waals surface area contributed by atoms with Gasteiger partial charge >= 0.3 is 0 Å². The van der Waals surface area contributed by atoms with Gasteiger partial charge in [-0.05, 0) is 38.1 Å². The molecule has 0 radical (unpaired) electrons. The van der Waals surface area contributed by atoms with Gasteiger partial charge in [-0.2, -0.15) is 0 Å². The molecule has 2 rings (SSSR count). The molecule has 0 bridgehead atoms. The third-order valence-electron chi connectivity index (χ3n) is 3.44. The fraction of sp³-hybridized carbons (Fsp3) is 0.125. The van der Waals surface area contributed by atoms with Crippen LogP contribution in [0.3, 0.4) is 0 Å². The molecule has 126 valence electrons. The van der Waals surface area contributed by atoms with Crippen molar-refractivity contribution in [1.29, 1.82) is 0 Å². The highest BCUT2D eigenvalue weighted by molar-refractivity contribution is 7.92. The molecule has 0 aliphatic heterocycles. The molecule has 0 fully saturated rings. The average molecular weight is 350 g/mol. The van der Waals surface area contributed by atoms with Crippen molar-refractivity contribution < 1.29 is 22.4 Å². The summed E-state index contributed by atoms with van der Waals surface area (Å²) in [6, 6.07) is 7.40. The van der Waals surface area contributed by atoms with Gasteiger partial charge in [0.05, 0.1) is 10.6 Å². The Kier molecular flexibility index (Phi) is 4.70. The van der Waals surface area contributed by atoms with Gasteiger partial charge in [0.1, 0.15) is 5.82 Å². The van der Waals surface area contributed by atoms with E-state index in [4.69, 9.17) is 5.73 Å². The maximum atomic E-state index is 13.8. The second-order valence-electron chi connectivity index (χ2n) is 5.18. The summed E-state index contributed by atoms with van der Waals surface area (Å²) in [6.45, 7) is 2.74. The van der Waals surface area contributed by atoms with Gasteiger partial charge < -0.3 is 5.73 Å². The molecule has 6 nitrogen and oxygen atoms in total. The highest BCUT2D eigenvalue weighted by atomic mass is 32.2. The number of anilines is 1. The van der Waals surface area contributed by atoms with Crippen molar-refractivity contribution in [3.05, 3.63) is 58.9 Å². The first-order valence-electron chi connectivity index (χ1n) is 6.85.